The number of rotatable bonds is 5. The predicted molar refractivity (Wildman–Crippen MR) is 155 cm³/mol. The highest BCUT2D eigenvalue weighted by molar-refractivity contribution is 8.19. The van der Waals surface area contributed by atoms with Crippen molar-refractivity contribution in [1.82, 2.24) is 9.91 Å². The van der Waals surface area contributed by atoms with Gasteiger partial charge in [0.25, 0.3) is 5.91 Å². The van der Waals surface area contributed by atoms with E-state index in [2.05, 4.69) is 33.5 Å². The van der Waals surface area contributed by atoms with Crippen LogP contribution in [0.1, 0.15) is 24.0 Å². The highest BCUT2D eigenvalue weighted by Gasteiger charge is 2.39. The summed E-state index contributed by atoms with van der Waals surface area (Å²) in [6, 6.07) is 25.8. The van der Waals surface area contributed by atoms with E-state index in [1.807, 2.05) is 55.6 Å². The van der Waals surface area contributed by atoms with Crippen molar-refractivity contribution in [2.24, 2.45) is 4.99 Å². The van der Waals surface area contributed by atoms with E-state index < -0.39 is 0 Å². The minimum absolute atomic E-state index is 0.0646. The Kier molecular flexibility index (Phi) is 6.85. The number of nitrogens with zero attached hydrogens (tertiary/aromatic N) is 5. The van der Waals surface area contributed by atoms with E-state index in [0.717, 1.165) is 52.8 Å². The molecule has 1 amide bonds. The summed E-state index contributed by atoms with van der Waals surface area (Å²) in [4.78, 5) is 24.6. The predicted octanol–water partition coefficient (Wildman–Crippen LogP) is 6.16. The Labute approximate surface area is 230 Å². The maximum absolute atomic E-state index is 13.9. The topological polar surface area (TPSA) is 75.0 Å². The van der Waals surface area contributed by atoms with Gasteiger partial charge in [-0.25, -0.2) is 10.0 Å². The summed E-state index contributed by atoms with van der Waals surface area (Å²) < 4.78 is 0. The van der Waals surface area contributed by atoms with Crippen LogP contribution in [0.2, 0.25) is 0 Å². The summed E-state index contributed by atoms with van der Waals surface area (Å²) in [6.45, 7) is 2.34. The number of hydrogen-bond donors (Lipinski definition) is 1. The lowest BCUT2D eigenvalue weighted by molar-refractivity contribution is -0.122. The molecule has 0 radical (unpaired) electrons. The summed E-state index contributed by atoms with van der Waals surface area (Å²) in [5.74, 6) is -0.0646. The number of carbonyl (C=O) groups is 1. The van der Waals surface area contributed by atoms with Crippen molar-refractivity contribution >= 4 is 51.7 Å². The molecule has 3 heterocycles. The Bertz CT molecular complexity index is 1490. The first kappa shape index (κ1) is 24.6. The molecule has 7 nitrogen and oxygen atoms in total. The average Bonchev–Trinajstić information content (AvgIpc) is 3.65. The molecular weight excluding hydrogens is 512 g/mol. The van der Waals surface area contributed by atoms with E-state index >= 15 is 0 Å². The fourth-order valence-corrected chi connectivity index (χ4v) is 7.05. The van der Waals surface area contributed by atoms with E-state index in [-0.39, 0.29) is 5.91 Å². The number of benzene rings is 3. The SMILES string of the molecule is CN1/C(=C2/S/C(=N\c3cc(C#N)ccc3NN3CCCC3)N(Cc3ccccc3)C2=O)Sc2ccccc21. The number of nitrogens with one attached hydrogen (secondary N) is 1. The van der Waals surface area contributed by atoms with Gasteiger partial charge in [-0.3, -0.25) is 9.69 Å². The van der Waals surface area contributed by atoms with Gasteiger partial charge < -0.3 is 10.3 Å². The molecule has 0 unspecified atom stereocenters. The number of anilines is 2. The van der Waals surface area contributed by atoms with Crippen LogP contribution in [-0.4, -0.2) is 41.1 Å². The lowest BCUT2D eigenvalue weighted by atomic mass is 10.2. The molecule has 1 N–H and O–H groups in total. The molecule has 0 spiro atoms. The van der Waals surface area contributed by atoms with Gasteiger partial charge in [-0.05, 0) is 60.5 Å². The molecular formula is C29H26N6OS2. The van der Waals surface area contributed by atoms with Crippen LogP contribution in [0.4, 0.5) is 17.1 Å². The molecule has 0 saturated carbocycles. The van der Waals surface area contributed by atoms with Crippen LogP contribution in [0.5, 0.6) is 0 Å². The Balaban J connectivity index is 1.41. The van der Waals surface area contributed by atoms with Gasteiger partial charge in [0.15, 0.2) is 5.17 Å². The molecule has 3 aromatic rings. The lowest BCUT2D eigenvalue weighted by Crippen LogP contribution is -2.29. The lowest BCUT2D eigenvalue weighted by Gasteiger charge is -2.20. The summed E-state index contributed by atoms with van der Waals surface area (Å²) in [6.07, 6.45) is 2.29. The van der Waals surface area contributed by atoms with Gasteiger partial charge in [0.05, 0.1) is 40.3 Å². The zero-order valence-electron chi connectivity index (χ0n) is 20.9. The van der Waals surface area contributed by atoms with E-state index in [0.29, 0.717) is 27.9 Å². The van der Waals surface area contributed by atoms with E-state index in [4.69, 9.17) is 4.99 Å². The molecule has 0 aromatic heterocycles. The van der Waals surface area contributed by atoms with Gasteiger partial charge >= 0.3 is 0 Å². The standard InChI is InChI=1S/C29H26N6OS2/c1-33-24-11-5-6-12-25(24)37-28(33)26-27(36)35(19-20-9-3-2-4-10-20)29(38-26)31-23-17-21(18-30)13-14-22(23)32-34-15-7-8-16-34/h2-6,9-14,17,32H,7-8,15-16,19H2,1H3/b28-26-,31-29-. The molecule has 3 aliphatic rings. The van der Waals surface area contributed by atoms with Crippen LogP contribution in [0, 0.1) is 11.3 Å². The third kappa shape index (κ3) is 4.78. The number of carbonyl (C=O) groups excluding carboxylic acids is 1. The van der Waals surface area contributed by atoms with Crippen molar-refractivity contribution in [3.63, 3.8) is 0 Å². The molecule has 9 heteroatoms. The second-order valence-electron chi connectivity index (χ2n) is 9.29. The second-order valence-corrected chi connectivity index (χ2v) is 11.3. The fraction of sp³-hybridized carbons (Fsp3) is 0.207. The zero-order chi connectivity index (χ0) is 26.1. The average molecular weight is 539 g/mol. The Morgan fingerprint density at radius 1 is 1.00 bits per heavy atom. The molecule has 190 valence electrons. The first-order chi connectivity index (χ1) is 18.6. The van der Waals surface area contributed by atoms with Crippen LogP contribution in [0.25, 0.3) is 0 Å². The summed E-state index contributed by atoms with van der Waals surface area (Å²) in [5.41, 5.74) is 7.59. The van der Waals surface area contributed by atoms with Crippen LogP contribution >= 0.6 is 23.5 Å². The number of amides is 1. The minimum Gasteiger partial charge on any atom is -0.337 e. The number of hydrogen-bond acceptors (Lipinski definition) is 8. The summed E-state index contributed by atoms with van der Waals surface area (Å²) in [5, 5.41) is 13.3. The third-order valence-electron chi connectivity index (χ3n) is 6.71. The zero-order valence-corrected chi connectivity index (χ0v) is 22.6. The van der Waals surface area contributed by atoms with Gasteiger partial charge in [0, 0.05) is 25.0 Å². The molecule has 2 fully saturated rings. The number of amidine groups is 1. The van der Waals surface area contributed by atoms with Crippen LogP contribution in [-0.2, 0) is 11.3 Å². The van der Waals surface area contributed by atoms with Crippen molar-refractivity contribution in [1.29, 1.82) is 5.26 Å². The highest BCUT2D eigenvalue weighted by atomic mass is 32.2. The quantitative estimate of drug-likeness (QED) is 0.390. The molecule has 6 rings (SSSR count). The van der Waals surface area contributed by atoms with Crippen LogP contribution in [0.3, 0.4) is 0 Å². The maximum Gasteiger partial charge on any atom is 0.269 e. The number of hydrazine groups is 1. The molecule has 3 aromatic carbocycles. The monoisotopic (exact) mass is 538 g/mol. The number of thioether (sulfide) groups is 2. The molecule has 0 atom stereocenters. The van der Waals surface area contributed by atoms with Crippen LogP contribution < -0.4 is 10.3 Å². The summed E-state index contributed by atoms with van der Waals surface area (Å²) >= 11 is 3.01. The molecule has 3 aliphatic heterocycles. The third-order valence-corrected chi connectivity index (χ3v) is 9.14. The number of para-hydroxylation sites is 1. The van der Waals surface area contributed by atoms with Crippen molar-refractivity contribution in [2.75, 3.05) is 30.5 Å². The van der Waals surface area contributed by atoms with Crippen LogP contribution in [0.15, 0.2) is 92.6 Å². The van der Waals surface area contributed by atoms with Crippen molar-refractivity contribution in [3.8, 4) is 6.07 Å². The van der Waals surface area contributed by atoms with Gasteiger partial charge in [0.1, 0.15) is 4.91 Å². The second kappa shape index (κ2) is 10.6. The minimum atomic E-state index is -0.0646. The largest absolute Gasteiger partial charge is 0.337 e. The Morgan fingerprint density at radius 3 is 2.53 bits per heavy atom. The first-order valence-corrected chi connectivity index (χ1v) is 14.2. The maximum atomic E-state index is 13.9. The Hall–Kier alpha value is -3.71. The highest BCUT2D eigenvalue weighted by Crippen LogP contribution is 2.50. The number of fused-ring (bicyclic) bond motifs is 1. The van der Waals surface area contributed by atoms with Gasteiger partial charge in [0.2, 0.25) is 0 Å². The summed E-state index contributed by atoms with van der Waals surface area (Å²) in [7, 11) is 2.00. The Morgan fingerprint density at radius 2 is 1.76 bits per heavy atom. The van der Waals surface area contributed by atoms with E-state index in [1.54, 1.807) is 28.8 Å². The van der Waals surface area contributed by atoms with E-state index in [9.17, 15) is 10.1 Å². The normalized spacial score (nSPS) is 20.3. The smallest absolute Gasteiger partial charge is 0.269 e. The van der Waals surface area contributed by atoms with Crippen molar-refractivity contribution in [3.05, 3.63) is 93.9 Å². The molecule has 0 aliphatic carbocycles. The number of nitriles is 1. The van der Waals surface area contributed by atoms with E-state index in [1.165, 1.54) is 11.8 Å². The molecule has 38 heavy (non-hydrogen) atoms. The molecule has 2 saturated heterocycles. The molecule has 0 bridgehead atoms. The van der Waals surface area contributed by atoms with Gasteiger partial charge in [-0.15, -0.1) is 0 Å². The van der Waals surface area contributed by atoms with Crippen molar-refractivity contribution < 1.29 is 4.79 Å². The van der Waals surface area contributed by atoms with Gasteiger partial charge in [-0.2, -0.15) is 5.26 Å². The number of aliphatic imine (C=N–C) groups is 1. The fourth-order valence-electron chi connectivity index (χ4n) is 4.72. The first-order valence-electron chi connectivity index (χ1n) is 12.5. The van der Waals surface area contributed by atoms with Crippen molar-refractivity contribution in [2.45, 2.75) is 24.3 Å². The van der Waals surface area contributed by atoms with Gasteiger partial charge in [-0.1, -0.05) is 54.2 Å².